The standard InChI is InChI=1S/C12H13F2NOS/c13-8-1-2-10(9(14)5-8)15-11(16)6-12(7-17)3-4-12/h1-2,5,17H,3-4,6-7H2,(H,15,16). The van der Waals surface area contributed by atoms with E-state index in [1.165, 1.54) is 6.07 Å². The molecule has 92 valence electrons. The van der Waals surface area contributed by atoms with E-state index < -0.39 is 11.6 Å². The van der Waals surface area contributed by atoms with Gasteiger partial charge in [0, 0.05) is 12.5 Å². The van der Waals surface area contributed by atoms with Gasteiger partial charge >= 0.3 is 0 Å². The smallest absolute Gasteiger partial charge is 0.225 e. The van der Waals surface area contributed by atoms with Crippen LogP contribution < -0.4 is 5.32 Å². The number of nitrogens with one attached hydrogen (secondary N) is 1. The molecule has 1 aliphatic carbocycles. The van der Waals surface area contributed by atoms with Crippen LogP contribution in [0.25, 0.3) is 0 Å². The van der Waals surface area contributed by atoms with Crippen LogP contribution in [0.2, 0.25) is 0 Å². The van der Waals surface area contributed by atoms with Crippen molar-refractivity contribution in [2.75, 3.05) is 11.1 Å². The molecule has 1 fully saturated rings. The summed E-state index contributed by atoms with van der Waals surface area (Å²) < 4.78 is 25.9. The van der Waals surface area contributed by atoms with Gasteiger partial charge in [0.1, 0.15) is 11.6 Å². The van der Waals surface area contributed by atoms with E-state index in [1.807, 2.05) is 0 Å². The highest BCUT2D eigenvalue weighted by Crippen LogP contribution is 2.49. The molecule has 0 bridgehead atoms. The van der Waals surface area contributed by atoms with Crippen LogP contribution in [0.1, 0.15) is 19.3 Å². The maximum atomic E-state index is 13.3. The van der Waals surface area contributed by atoms with Crippen LogP contribution in [0.4, 0.5) is 14.5 Å². The van der Waals surface area contributed by atoms with E-state index in [9.17, 15) is 13.6 Å². The first-order valence-corrected chi connectivity index (χ1v) is 6.04. The molecule has 17 heavy (non-hydrogen) atoms. The molecule has 1 aliphatic rings. The van der Waals surface area contributed by atoms with Crippen molar-refractivity contribution in [1.29, 1.82) is 0 Å². The van der Waals surface area contributed by atoms with Crippen LogP contribution in [0.15, 0.2) is 18.2 Å². The van der Waals surface area contributed by atoms with E-state index >= 15 is 0 Å². The Hall–Kier alpha value is -1.10. The summed E-state index contributed by atoms with van der Waals surface area (Å²) in [4.78, 5) is 11.7. The van der Waals surface area contributed by atoms with E-state index in [-0.39, 0.29) is 17.0 Å². The fourth-order valence-corrected chi connectivity index (χ4v) is 2.12. The SMILES string of the molecule is O=C(CC1(CS)CC1)Nc1ccc(F)cc1F. The monoisotopic (exact) mass is 257 g/mol. The Labute approximate surface area is 104 Å². The van der Waals surface area contributed by atoms with Crippen molar-refractivity contribution in [3.8, 4) is 0 Å². The lowest BCUT2D eigenvalue weighted by atomic mass is 10.1. The van der Waals surface area contributed by atoms with Crippen molar-refractivity contribution < 1.29 is 13.6 Å². The highest BCUT2D eigenvalue weighted by atomic mass is 32.1. The molecular weight excluding hydrogens is 244 g/mol. The summed E-state index contributed by atoms with van der Waals surface area (Å²) in [5, 5.41) is 2.45. The molecule has 0 heterocycles. The number of carbonyl (C=O) groups excluding carboxylic acids is 1. The lowest BCUT2D eigenvalue weighted by molar-refractivity contribution is -0.117. The van der Waals surface area contributed by atoms with Gasteiger partial charge in [-0.3, -0.25) is 4.79 Å². The second-order valence-corrected chi connectivity index (χ2v) is 4.82. The summed E-state index contributed by atoms with van der Waals surface area (Å²) in [6, 6.07) is 3.09. The average Bonchev–Trinajstić information content (AvgIpc) is 3.03. The molecule has 2 nitrogen and oxygen atoms in total. The average molecular weight is 257 g/mol. The third-order valence-corrected chi connectivity index (χ3v) is 3.70. The molecule has 1 N–H and O–H groups in total. The Balaban J connectivity index is 1.98. The number of carbonyl (C=O) groups is 1. The number of amides is 1. The van der Waals surface area contributed by atoms with E-state index in [0.29, 0.717) is 12.2 Å². The summed E-state index contributed by atoms with van der Waals surface area (Å²) in [6.45, 7) is 0. The van der Waals surface area contributed by atoms with Gasteiger partial charge < -0.3 is 5.32 Å². The zero-order chi connectivity index (χ0) is 12.5. The zero-order valence-corrected chi connectivity index (χ0v) is 10.1. The summed E-state index contributed by atoms with van der Waals surface area (Å²) in [6.07, 6.45) is 2.30. The van der Waals surface area contributed by atoms with Gasteiger partial charge in [0.15, 0.2) is 0 Å². The zero-order valence-electron chi connectivity index (χ0n) is 9.17. The molecule has 1 aromatic rings. The van der Waals surface area contributed by atoms with Crippen molar-refractivity contribution >= 4 is 24.2 Å². The molecule has 2 rings (SSSR count). The van der Waals surface area contributed by atoms with Gasteiger partial charge in [-0.25, -0.2) is 8.78 Å². The third-order valence-electron chi connectivity index (χ3n) is 3.03. The van der Waals surface area contributed by atoms with Gasteiger partial charge in [-0.15, -0.1) is 0 Å². The number of halogens is 2. The quantitative estimate of drug-likeness (QED) is 0.798. The molecule has 1 amide bonds. The molecule has 1 saturated carbocycles. The first kappa shape index (κ1) is 12.4. The largest absolute Gasteiger partial charge is 0.324 e. The van der Waals surface area contributed by atoms with Gasteiger partial charge in [0.05, 0.1) is 5.69 Å². The first-order chi connectivity index (χ1) is 8.04. The Morgan fingerprint density at radius 1 is 1.41 bits per heavy atom. The molecule has 1 aromatic carbocycles. The fraction of sp³-hybridized carbons (Fsp3) is 0.417. The van der Waals surface area contributed by atoms with Crippen LogP contribution >= 0.6 is 12.6 Å². The molecule has 5 heteroatoms. The van der Waals surface area contributed by atoms with Crippen LogP contribution in [0, 0.1) is 17.0 Å². The molecule has 0 aromatic heterocycles. The van der Waals surface area contributed by atoms with Crippen LogP contribution in [0.5, 0.6) is 0 Å². The Kier molecular flexibility index (Phi) is 3.38. The number of rotatable bonds is 4. The maximum absolute atomic E-state index is 13.3. The van der Waals surface area contributed by atoms with E-state index in [1.54, 1.807) is 0 Å². The van der Waals surface area contributed by atoms with Crippen LogP contribution in [-0.4, -0.2) is 11.7 Å². The van der Waals surface area contributed by atoms with Crippen molar-refractivity contribution in [2.45, 2.75) is 19.3 Å². The second kappa shape index (κ2) is 4.64. The van der Waals surface area contributed by atoms with Gasteiger partial charge in [0.25, 0.3) is 0 Å². The number of benzene rings is 1. The number of hydrogen-bond donors (Lipinski definition) is 2. The van der Waals surface area contributed by atoms with E-state index in [2.05, 4.69) is 17.9 Å². The van der Waals surface area contributed by atoms with Crippen LogP contribution in [0.3, 0.4) is 0 Å². The molecule has 0 spiro atoms. The van der Waals surface area contributed by atoms with Crippen LogP contribution in [-0.2, 0) is 4.79 Å². The van der Waals surface area contributed by atoms with E-state index in [0.717, 1.165) is 25.0 Å². The Bertz CT molecular complexity index is 446. The summed E-state index contributed by atoms with van der Waals surface area (Å²) in [5.74, 6) is -1.00. The number of thiol groups is 1. The lowest BCUT2D eigenvalue weighted by Crippen LogP contribution is -2.18. The maximum Gasteiger partial charge on any atom is 0.225 e. The van der Waals surface area contributed by atoms with Gasteiger partial charge in [-0.05, 0) is 36.1 Å². The van der Waals surface area contributed by atoms with Crippen molar-refractivity contribution in [3.05, 3.63) is 29.8 Å². The molecule has 0 aliphatic heterocycles. The molecule has 0 atom stereocenters. The summed E-state index contributed by atoms with van der Waals surface area (Å²) in [7, 11) is 0. The Morgan fingerprint density at radius 2 is 2.12 bits per heavy atom. The normalized spacial score (nSPS) is 16.6. The highest BCUT2D eigenvalue weighted by Gasteiger charge is 2.42. The summed E-state index contributed by atoms with van der Waals surface area (Å²) >= 11 is 4.19. The minimum absolute atomic E-state index is 0.0102. The van der Waals surface area contributed by atoms with Crippen molar-refractivity contribution in [1.82, 2.24) is 0 Å². The fourth-order valence-electron chi connectivity index (χ4n) is 1.69. The topological polar surface area (TPSA) is 29.1 Å². The first-order valence-electron chi connectivity index (χ1n) is 5.40. The van der Waals surface area contributed by atoms with Crippen molar-refractivity contribution in [3.63, 3.8) is 0 Å². The summed E-state index contributed by atoms with van der Waals surface area (Å²) in [5.41, 5.74) is 0.00956. The predicted octanol–water partition coefficient (Wildman–Crippen LogP) is 3.00. The molecule has 0 radical (unpaired) electrons. The minimum atomic E-state index is -0.755. The van der Waals surface area contributed by atoms with Gasteiger partial charge in [0.2, 0.25) is 5.91 Å². The Morgan fingerprint density at radius 3 is 2.65 bits per heavy atom. The minimum Gasteiger partial charge on any atom is -0.324 e. The third kappa shape index (κ3) is 2.97. The van der Waals surface area contributed by atoms with Gasteiger partial charge in [-0.2, -0.15) is 12.6 Å². The molecular formula is C12H13F2NOS. The highest BCUT2D eigenvalue weighted by molar-refractivity contribution is 7.80. The van der Waals surface area contributed by atoms with Crippen molar-refractivity contribution in [2.24, 2.45) is 5.41 Å². The number of anilines is 1. The number of hydrogen-bond acceptors (Lipinski definition) is 2. The predicted molar refractivity (Wildman–Crippen MR) is 65.1 cm³/mol. The molecule has 0 saturated heterocycles. The second-order valence-electron chi connectivity index (χ2n) is 4.51. The lowest BCUT2D eigenvalue weighted by Gasteiger charge is -2.12. The molecule has 0 unspecified atom stereocenters. The van der Waals surface area contributed by atoms with Gasteiger partial charge in [-0.1, -0.05) is 0 Å². The van der Waals surface area contributed by atoms with E-state index in [4.69, 9.17) is 0 Å².